The van der Waals surface area contributed by atoms with Crippen molar-refractivity contribution >= 4 is 13.1 Å². The van der Waals surface area contributed by atoms with Crippen molar-refractivity contribution in [2.45, 2.75) is 25.7 Å². The van der Waals surface area contributed by atoms with Gasteiger partial charge in [-0.2, -0.15) is 0 Å². The number of benzene rings is 2. The van der Waals surface area contributed by atoms with Crippen LogP contribution in [0.4, 0.5) is 0 Å². The molecule has 0 aliphatic carbocycles. The van der Waals surface area contributed by atoms with E-state index in [2.05, 4.69) is 10.3 Å². The Labute approximate surface area is 168 Å². The average molecular weight is 392 g/mol. The van der Waals surface area contributed by atoms with Gasteiger partial charge < -0.3 is 20.5 Å². The minimum Gasteiger partial charge on any atom is -0.535 e. The van der Waals surface area contributed by atoms with Crippen molar-refractivity contribution < 1.29 is 19.6 Å². The summed E-state index contributed by atoms with van der Waals surface area (Å²) >= 11 is 0. The lowest BCUT2D eigenvalue weighted by molar-refractivity contribution is 0.0693. The molecule has 0 atom stereocenters. The molecule has 1 aliphatic rings. The summed E-state index contributed by atoms with van der Waals surface area (Å²) in [4.78, 5) is 11.9. The van der Waals surface area contributed by atoms with E-state index in [1.54, 1.807) is 16.9 Å². The number of aromatic nitrogens is 3. The van der Waals surface area contributed by atoms with E-state index >= 15 is 0 Å². The van der Waals surface area contributed by atoms with Crippen LogP contribution in [0.3, 0.4) is 0 Å². The number of nitrogens with zero attached hydrogens (tertiary/aromatic N) is 3. The van der Waals surface area contributed by atoms with Crippen LogP contribution in [0.25, 0.3) is 11.3 Å². The Kier molecular flexibility index (Phi) is 5.33. The van der Waals surface area contributed by atoms with Crippen LogP contribution in [0.1, 0.15) is 27.0 Å². The van der Waals surface area contributed by atoms with Crippen molar-refractivity contribution in [3.63, 3.8) is 0 Å². The molecule has 2 heterocycles. The van der Waals surface area contributed by atoms with Gasteiger partial charge in [-0.25, -0.2) is 9.48 Å². The van der Waals surface area contributed by atoms with Crippen LogP contribution in [-0.2, 0) is 19.4 Å². The van der Waals surface area contributed by atoms with E-state index in [1.807, 2.05) is 30.3 Å². The molecule has 3 aromatic rings. The highest BCUT2D eigenvalue weighted by molar-refractivity contribution is 6.44. The zero-order valence-corrected chi connectivity index (χ0v) is 15.8. The lowest BCUT2D eigenvalue weighted by Gasteiger charge is -2.23. The predicted octanol–water partition coefficient (Wildman–Crippen LogP) is 1.61. The van der Waals surface area contributed by atoms with E-state index in [0.29, 0.717) is 30.5 Å². The molecule has 0 unspecified atom stereocenters. The third-order valence-corrected chi connectivity index (χ3v) is 5.01. The van der Waals surface area contributed by atoms with Gasteiger partial charge in [0, 0.05) is 5.56 Å². The van der Waals surface area contributed by atoms with Crippen molar-refractivity contribution in [2.75, 3.05) is 6.54 Å². The highest BCUT2D eigenvalue weighted by Gasteiger charge is 2.29. The molecule has 1 aliphatic heterocycles. The van der Waals surface area contributed by atoms with Crippen LogP contribution in [0.15, 0.2) is 42.6 Å². The second kappa shape index (κ2) is 8.06. The molecule has 2 aromatic carbocycles. The zero-order chi connectivity index (χ0) is 20.4. The number of aromatic carboxylic acids is 1. The van der Waals surface area contributed by atoms with Crippen molar-refractivity contribution in [3.8, 4) is 17.0 Å². The molecule has 0 amide bonds. The third-order valence-electron chi connectivity index (χ3n) is 5.01. The Morgan fingerprint density at radius 2 is 2.03 bits per heavy atom. The summed E-state index contributed by atoms with van der Waals surface area (Å²) in [6, 6.07) is 11.6. The third kappa shape index (κ3) is 4.01. The second-order valence-corrected chi connectivity index (χ2v) is 7.04. The molecule has 0 saturated carbocycles. The minimum absolute atomic E-state index is 0.0597. The lowest BCUT2D eigenvalue weighted by Crippen LogP contribution is -2.28. The monoisotopic (exact) mass is 392 g/mol. The molecule has 0 fully saturated rings. The van der Waals surface area contributed by atoms with Gasteiger partial charge in [-0.05, 0) is 42.4 Å². The molecular formula is C20H21BN4O4. The number of hydrogen-bond acceptors (Lipinski definition) is 6. The summed E-state index contributed by atoms with van der Waals surface area (Å²) in [6.07, 6.45) is 3.62. The topological polar surface area (TPSA) is 123 Å². The van der Waals surface area contributed by atoms with Gasteiger partial charge in [0.15, 0.2) is 0 Å². The first-order valence-electron chi connectivity index (χ1n) is 9.47. The Hall–Kier alpha value is -3.17. The smallest absolute Gasteiger partial charge is 0.522 e. The SMILES string of the molecule is NCCc1ccc(-c2cn(Cc3ccc4c(c3C(=O)O)OB(O)CC4)nn2)cc1. The predicted molar refractivity (Wildman–Crippen MR) is 108 cm³/mol. The summed E-state index contributed by atoms with van der Waals surface area (Å²) in [5.74, 6) is -0.855. The van der Waals surface area contributed by atoms with Gasteiger partial charge in [0.2, 0.25) is 0 Å². The summed E-state index contributed by atoms with van der Waals surface area (Å²) in [5, 5.41) is 27.8. The number of carbonyl (C=O) groups is 1. The Bertz CT molecular complexity index is 1040. The molecule has 0 spiro atoms. The number of carboxylic acids is 1. The Balaban J connectivity index is 1.60. The average Bonchev–Trinajstić information content (AvgIpc) is 3.16. The molecule has 4 N–H and O–H groups in total. The van der Waals surface area contributed by atoms with Gasteiger partial charge in [0.1, 0.15) is 17.0 Å². The maximum Gasteiger partial charge on any atom is 0.522 e. The van der Waals surface area contributed by atoms with Crippen molar-refractivity contribution in [1.82, 2.24) is 15.0 Å². The van der Waals surface area contributed by atoms with Crippen molar-refractivity contribution in [3.05, 3.63) is 64.8 Å². The molecule has 1 aromatic heterocycles. The van der Waals surface area contributed by atoms with Gasteiger partial charge in [-0.15, -0.1) is 5.10 Å². The summed E-state index contributed by atoms with van der Waals surface area (Å²) in [7, 11) is -0.990. The molecule has 29 heavy (non-hydrogen) atoms. The fourth-order valence-electron chi connectivity index (χ4n) is 3.53. The van der Waals surface area contributed by atoms with E-state index in [1.165, 1.54) is 0 Å². The van der Waals surface area contributed by atoms with Gasteiger partial charge in [-0.1, -0.05) is 41.6 Å². The Morgan fingerprint density at radius 3 is 2.76 bits per heavy atom. The number of nitrogens with two attached hydrogens (primary N) is 1. The van der Waals surface area contributed by atoms with Crippen LogP contribution in [0.2, 0.25) is 6.32 Å². The Morgan fingerprint density at radius 1 is 1.24 bits per heavy atom. The highest BCUT2D eigenvalue weighted by Crippen LogP contribution is 2.33. The van der Waals surface area contributed by atoms with Gasteiger partial charge in [-0.3, -0.25) is 0 Å². The number of rotatable bonds is 6. The maximum absolute atomic E-state index is 11.9. The first-order valence-corrected chi connectivity index (χ1v) is 9.47. The van der Waals surface area contributed by atoms with E-state index in [4.69, 9.17) is 10.4 Å². The molecule has 148 valence electrons. The molecule has 8 nitrogen and oxygen atoms in total. The van der Waals surface area contributed by atoms with E-state index in [-0.39, 0.29) is 17.9 Å². The molecule has 9 heteroatoms. The zero-order valence-electron chi connectivity index (χ0n) is 15.8. The normalized spacial score (nSPS) is 13.1. The van der Waals surface area contributed by atoms with Crippen LogP contribution in [-0.4, -0.2) is 44.8 Å². The molecule has 0 radical (unpaired) electrons. The standard InChI is InChI=1S/C20H21BN4O4/c22-10-8-13-1-3-14(4-2-13)17-12-25(24-23-17)11-16-6-5-15-7-9-21(28)29-19(15)18(16)20(26)27/h1-6,12,28H,7-11,22H2,(H,26,27). The molecule has 0 bridgehead atoms. The molecular weight excluding hydrogens is 371 g/mol. The summed E-state index contributed by atoms with van der Waals surface area (Å²) in [5.41, 5.74) is 9.75. The highest BCUT2D eigenvalue weighted by atomic mass is 16.5. The van der Waals surface area contributed by atoms with Gasteiger partial charge in [0.25, 0.3) is 0 Å². The van der Waals surface area contributed by atoms with Crippen LogP contribution >= 0.6 is 0 Å². The van der Waals surface area contributed by atoms with Crippen molar-refractivity contribution in [1.29, 1.82) is 0 Å². The largest absolute Gasteiger partial charge is 0.535 e. The van der Waals surface area contributed by atoms with Crippen LogP contribution in [0, 0.1) is 0 Å². The van der Waals surface area contributed by atoms with E-state index in [0.717, 1.165) is 23.1 Å². The van der Waals surface area contributed by atoms with Crippen LogP contribution in [0.5, 0.6) is 5.75 Å². The van der Waals surface area contributed by atoms with E-state index < -0.39 is 13.1 Å². The maximum atomic E-state index is 11.9. The van der Waals surface area contributed by atoms with Gasteiger partial charge in [0.05, 0.1) is 12.7 Å². The molecule has 0 saturated heterocycles. The first-order chi connectivity index (χ1) is 14.0. The van der Waals surface area contributed by atoms with E-state index in [9.17, 15) is 14.9 Å². The lowest BCUT2D eigenvalue weighted by atomic mass is 9.78. The number of aryl methyl sites for hydroxylation is 1. The number of fused-ring (bicyclic) bond motifs is 1. The van der Waals surface area contributed by atoms with Gasteiger partial charge >= 0.3 is 13.1 Å². The van der Waals surface area contributed by atoms with Crippen molar-refractivity contribution in [2.24, 2.45) is 5.73 Å². The number of hydrogen-bond donors (Lipinski definition) is 3. The quantitative estimate of drug-likeness (QED) is 0.545. The fraction of sp³-hybridized carbons (Fsp3) is 0.250. The van der Waals surface area contributed by atoms with Crippen LogP contribution < -0.4 is 10.4 Å². The summed E-state index contributed by atoms with van der Waals surface area (Å²) < 4.78 is 7.02. The summed E-state index contributed by atoms with van der Waals surface area (Å²) in [6.45, 7) is 0.829. The first kappa shape index (κ1) is 19.2. The molecule has 4 rings (SSSR count). The fourth-order valence-corrected chi connectivity index (χ4v) is 3.53. The minimum atomic E-state index is -1.10. The number of carboxylic acid groups (broad SMARTS) is 1. The second-order valence-electron chi connectivity index (χ2n) is 7.04.